The first-order valence-corrected chi connectivity index (χ1v) is 9.50. The summed E-state index contributed by atoms with van der Waals surface area (Å²) in [6, 6.07) is 9.73. The average Bonchev–Trinajstić information content (AvgIpc) is 2.61. The number of nitrogens with zero attached hydrogens (tertiary/aromatic N) is 2. The van der Waals surface area contributed by atoms with E-state index < -0.39 is 0 Å². The largest absolute Gasteiger partial charge is 0.439 e. The number of rotatable bonds is 8. The summed E-state index contributed by atoms with van der Waals surface area (Å²) in [6.07, 6.45) is 3.71. The van der Waals surface area contributed by atoms with Crippen LogP contribution < -0.4 is 15.4 Å². The van der Waals surface area contributed by atoms with Gasteiger partial charge in [-0.1, -0.05) is 12.1 Å². The molecule has 0 unspecified atom stereocenters. The molecule has 1 heterocycles. The Kier molecular flexibility index (Phi) is 8.04. The van der Waals surface area contributed by atoms with Gasteiger partial charge in [0.15, 0.2) is 5.96 Å². The molecule has 1 aromatic heterocycles. The maximum atomic E-state index is 13.3. The van der Waals surface area contributed by atoms with Gasteiger partial charge in [-0.05, 0) is 31.4 Å². The highest BCUT2D eigenvalue weighted by molar-refractivity contribution is 7.98. The molecule has 0 fully saturated rings. The molecule has 0 saturated heterocycles. The van der Waals surface area contributed by atoms with E-state index in [1.165, 1.54) is 12.1 Å². The van der Waals surface area contributed by atoms with Crippen LogP contribution in [0.25, 0.3) is 0 Å². The molecule has 2 N–H and O–H groups in total. The van der Waals surface area contributed by atoms with Crippen LogP contribution in [-0.2, 0) is 6.54 Å². The molecule has 1 aromatic carbocycles. The van der Waals surface area contributed by atoms with Gasteiger partial charge >= 0.3 is 0 Å². The Balaban J connectivity index is 2.09. The van der Waals surface area contributed by atoms with Crippen LogP contribution in [0, 0.1) is 5.82 Å². The summed E-state index contributed by atoms with van der Waals surface area (Å²) in [5.74, 6) is 2.24. The van der Waals surface area contributed by atoms with Gasteiger partial charge in [0, 0.05) is 36.7 Å². The van der Waals surface area contributed by atoms with Gasteiger partial charge < -0.3 is 15.4 Å². The number of ether oxygens (including phenoxy) is 1. The van der Waals surface area contributed by atoms with Crippen molar-refractivity contribution >= 4 is 17.7 Å². The highest BCUT2D eigenvalue weighted by atomic mass is 32.2. The van der Waals surface area contributed by atoms with Crippen molar-refractivity contribution in [2.75, 3.05) is 25.1 Å². The van der Waals surface area contributed by atoms with E-state index >= 15 is 0 Å². The summed E-state index contributed by atoms with van der Waals surface area (Å²) in [5.41, 5.74) is 0.828. The third-order valence-corrected chi connectivity index (χ3v) is 3.82. The van der Waals surface area contributed by atoms with Gasteiger partial charge in [-0.25, -0.2) is 14.4 Å². The number of benzene rings is 1. The second-order valence-electron chi connectivity index (χ2n) is 5.14. The lowest BCUT2D eigenvalue weighted by atomic mass is 10.2. The third kappa shape index (κ3) is 6.62. The topological polar surface area (TPSA) is 58.5 Å². The van der Waals surface area contributed by atoms with Crippen LogP contribution in [0.3, 0.4) is 0 Å². The van der Waals surface area contributed by atoms with E-state index in [1.807, 2.05) is 19.1 Å². The van der Waals surface area contributed by atoms with Gasteiger partial charge in [-0.2, -0.15) is 11.8 Å². The molecule has 0 saturated carbocycles. The average molecular weight is 362 g/mol. The van der Waals surface area contributed by atoms with Crippen LogP contribution in [0.5, 0.6) is 11.6 Å². The summed E-state index contributed by atoms with van der Waals surface area (Å²) in [5, 5.41) is 6.48. The fourth-order valence-electron chi connectivity index (χ4n) is 2.06. The zero-order valence-electron chi connectivity index (χ0n) is 14.5. The Morgan fingerprint density at radius 1 is 1.28 bits per heavy atom. The number of halogens is 1. The maximum absolute atomic E-state index is 13.3. The number of nitrogens with one attached hydrogen (secondary N) is 2. The number of thioether (sulfide) groups is 1. The Morgan fingerprint density at radius 3 is 2.92 bits per heavy atom. The van der Waals surface area contributed by atoms with Crippen LogP contribution >= 0.6 is 11.8 Å². The van der Waals surface area contributed by atoms with Crippen LogP contribution in [0.4, 0.5) is 4.39 Å². The van der Waals surface area contributed by atoms with Gasteiger partial charge in [0.1, 0.15) is 11.6 Å². The lowest BCUT2D eigenvalue weighted by Gasteiger charge is -2.12. The maximum Gasteiger partial charge on any atom is 0.224 e. The molecule has 7 heteroatoms. The third-order valence-electron chi connectivity index (χ3n) is 3.21. The lowest BCUT2D eigenvalue weighted by molar-refractivity contribution is 0.452. The van der Waals surface area contributed by atoms with E-state index in [4.69, 9.17) is 4.74 Å². The lowest BCUT2D eigenvalue weighted by Crippen LogP contribution is -2.38. The molecular formula is C18H23FN4OS. The van der Waals surface area contributed by atoms with E-state index in [2.05, 4.69) is 26.9 Å². The summed E-state index contributed by atoms with van der Waals surface area (Å²) in [6.45, 7) is 4.05. The van der Waals surface area contributed by atoms with Crippen molar-refractivity contribution in [3.05, 3.63) is 54.0 Å². The van der Waals surface area contributed by atoms with Crippen molar-refractivity contribution in [3.8, 4) is 11.6 Å². The summed E-state index contributed by atoms with van der Waals surface area (Å²) < 4.78 is 19.0. The normalized spacial score (nSPS) is 11.2. The van der Waals surface area contributed by atoms with Gasteiger partial charge in [-0.3, -0.25) is 0 Å². The number of hydrogen-bond acceptors (Lipinski definition) is 4. The van der Waals surface area contributed by atoms with Crippen molar-refractivity contribution in [1.82, 2.24) is 15.6 Å². The number of aromatic nitrogens is 1. The SMILES string of the molecule is CCNC(=NCc1cccnc1Oc1cccc(F)c1)NCCSC. The molecule has 134 valence electrons. The molecule has 0 aliphatic carbocycles. The second kappa shape index (κ2) is 10.6. The van der Waals surface area contributed by atoms with Crippen molar-refractivity contribution in [1.29, 1.82) is 0 Å². The molecule has 0 aliphatic rings. The van der Waals surface area contributed by atoms with Gasteiger partial charge in [0.2, 0.25) is 5.88 Å². The number of hydrogen-bond donors (Lipinski definition) is 2. The molecule has 0 atom stereocenters. The molecule has 2 rings (SSSR count). The zero-order chi connectivity index (χ0) is 17.9. The molecule has 0 aliphatic heterocycles. The molecule has 5 nitrogen and oxygen atoms in total. The van der Waals surface area contributed by atoms with Crippen LogP contribution in [0.1, 0.15) is 12.5 Å². The van der Waals surface area contributed by atoms with E-state index in [1.54, 1.807) is 30.1 Å². The Labute approximate surface area is 152 Å². The predicted molar refractivity (Wildman–Crippen MR) is 102 cm³/mol. The van der Waals surface area contributed by atoms with E-state index in [0.29, 0.717) is 18.2 Å². The van der Waals surface area contributed by atoms with Gasteiger partial charge in [0.25, 0.3) is 0 Å². The van der Waals surface area contributed by atoms with Crippen LogP contribution in [0.2, 0.25) is 0 Å². The fourth-order valence-corrected chi connectivity index (χ4v) is 2.36. The fraction of sp³-hybridized carbons (Fsp3) is 0.333. The minimum absolute atomic E-state index is 0.347. The zero-order valence-corrected chi connectivity index (χ0v) is 15.3. The summed E-state index contributed by atoms with van der Waals surface area (Å²) >= 11 is 1.78. The standard InChI is InChI=1S/C18H23FN4OS/c1-3-20-18(22-10-11-25-2)23-13-14-6-5-9-21-17(14)24-16-8-4-7-15(19)12-16/h4-9,12H,3,10-11,13H2,1-2H3,(H2,20,22,23). The van der Waals surface area contributed by atoms with E-state index in [0.717, 1.165) is 30.4 Å². The molecule has 2 aromatic rings. The number of pyridine rings is 1. The molecular weight excluding hydrogens is 339 g/mol. The van der Waals surface area contributed by atoms with Gasteiger partial charge in [-0.15, -0.1) is 0 Å². The molecule has 0 spiro atoms. The smallest absolute Gasteiger partial charge is 0.224 e. The van der Waals surface area contributed by atoms with Crippen molar-refractivity contribution in [2.45, 2.75) is 13.5 Å². The molecule has 0 bridgehead atoms. The summed E-state index contributed by atoms with van der Waals surface area (Å²) in [4.78, 5) is 8.81. The second-order valence-corrected chi connectivity index (χ2v) is 6.13. The quantitative estimate of drug-likeness (QED) is 0.428. The minimum atomic E-state index is -0.347. The Bertz CT molecular complexity index is 696. The van der Waals surface area contributed by atoms with E-state index in [-0.39, 0.29) is 5.82 Å². The highest BCUT2D eigenvalue weighted by Crippen LogP contribution is 2.23. The molecule has 0 radical (unpaired) electrons. The van der Waals surface area contributed by atoms with E-state index in [9.17, 15) is 4.39 Å². The Hall–Kier alpha value is -2.28. The number of guanidine groups is 1. The first kappa shape index (κ1) is 19.1. The monoisotopic (exact) mass is 362 g/mol. The first-order valence-electron chi connectivity index (χ1n) is 8.11. The van der Waals surface area contributed by atoms with Crippen molar-refractivity contribution in [2.24, 2.45) is 4.99 Å². The van der Waals surface area contributed by atoms with Crippen LogP contribution in [0.15, 0.2) is 47.6 Å². The summed E-state index contributed by atoms with van der Waals surface area (Å²) in [7, 11) is 0. The first-order chi connectivity index (χ1) is 12.2. The predicted octanol–water partition coefficient (Wildman–Crippen LogP) is 3.43. The highest BCUT2D eigenvalue weighted by Gasteiger charge is 2.07. The van der Waals surface area contributed by atoms with Crippen molar-refractivity contribution in [3.63, 3.8) is 0 Å². The van der Waals surface area contributed by atoms with Crippen molar-refractivity contribution < 1.29 is 9.13 Å². The molecule has 25 heavy (non-hydrogen) atoms. The van der Waals surface area contributed by atoms with Crippen LogP contribution in [-0.4, -0.2) is 36.0 Å². The molecule has 0 amide bonds. The Morgan fingerprint density at radius 2 is 2.16 bits per heavy atom. The van der Waals surface area contributed by atoms with Gasteiger partial charge in [0.05, 0.1) is 6.54 Å². The minimum Gasteiger partial charge on any atom is -0.439 e. The number of aliphatic imine (C=N–C) groups is 1.